The predicted octanol–water partition coefficient (Wildman–Crippen LogP) is 3.33. The number of carbonyl (C=O) groups is 1. The van der Waals surface area contributed by atoms with Crippen molar-refractivity contribution in [3.63, 3.8) is 0 Å². The molecule has 0 amide bonds. The standard InChI is InChI=1S/C21H19BrClN3O6/c1-11(2)32-16(27)10-31-19-15(30-3)8-12(17(22)18(19)23)9-24-26-20(28)13-6-4-5-7-14(13)25-21(26)29/h4-9,11H,10H2,1-3H3,(H,25,29). The van der Waals surface area contributed by atoms with E-state index in [0.29, 0.717) is 25.6 Å². The van der Waals surface area contributed by atoms with Gasteiger partial charge in [0.15, 0.2) is 18.1 Å². The van der Waals surface area contributed by atoms with E-state index in [1.807, 2.05) is 0 Å². The summed E-state index contributed by atoms with van der Waals surface area (Å²) < 4.78 is 16.9. The van der Waals surface area contributed by atoms with Gasteiger partial charge in [-0.1, -0.05) is 23.7 Å². The number of aromatic nitrogens is 2. The summed E-state index contributed by atoms with van der Waals surface area (Å²) in [6.07, 6.45) is 0.996. The van der Waals surface area contributed by atoms with Crippen molar-refractivity contribution in [2.24, 2.45) is 5.10 Å². The average molecular weight is 525 g/mol. The Bertz CT molecular complexity index is 1320. The summed E-state index contributed by atoms with van der Waals surface area (Å²) in [6, 6.07) is 8.15. The molecule has 32 heavy (non-hydrogen) atoms. The Kier molecular flexibility index (Phi) is 7.37. The fraction of sp³-hybridized carbons (Fsp3) is 0.238. The fourth-order valence-corrected chi connectivity index (χ4v) is 3.44. The number of ether oxygens (including phenoxy) is 3. The molecular weight excluding hydrogens is 506 g/mol. The van der Waals surface area contributed by atoms with E-state index < -0.39 is 17.2 Å². The fourth-order valence-electron chi connectivity index (χ4n) is 2.79. The first kappa shape index (κ1) is 23.6. The number of carbonyl (C=O) groups excluding carboxylic acids is 1. The molecule has 0 saturated heterocycles. The summed E-state index contributed by atoms with van der Waals surface area (Å²) in [5.74, 6) is -0.217. The van der Waals surface area contributed by atoms with Gasteiger partial charge in [-0.2, -0.15) is 5.10 Å². The highest BCUT2D eigenvalue weighted by Crippen LogP contribution is 2.42. The number of halogens is 2. The second kappa shape index (κ2) is 10.0. The van der Waals surface area contributed by atoms with Crippen LogP contribution in [0.1, 0.15) is 19.4 Å². The summed E-state index contributed by atoms with van der Waals surface area (Å²) in [5, 5.41) is 4.45. The first-order valence-corrected chi connectivity index (χ1v) is 10.6. The number of fused-ring (bicyclic) bond motifs is 1. The van der Waals surface area contributed by atoms with Gasteiger partial charge >= 0.3 is 11.7 Å². The molecular formula is C21H19BrClN3O6. The van der Waals surface area contributed by atoms with Crippen LogP contribution in [0.2, 0.25) is 5.02 Å². The molecule has 0 atom stereocenters. The van der Waals surface area contributed by atoms with Crippen molar-refractivity contribution in [3.8, 4) is 11.5 Å². The van der Waals surface area contributed by atoms with Crippen LogP contribution in [0.25, 0.3) is 10.9 Å². The van der Waals surface area contributed by atoms with Crippen LogP contribution in [0.5, 0.6) is 11.5 Å². The monoisotopic (exact) mass is 523 g/mol. The first-order valence-electron chi connectivity index (χ1n) is 9.39. The van der Waals surface area contributed by atoms with Crippen molar-refractivity contribution in [1.82, 2.24) is 9.66 Å². The SMILES string of the molecule is COc1cc(C=Nn2c(=O)[nH]c3ccccc3c2=O)c(Br)c(Cl)c1OCC(=O)OC(C)C. The van der Waals surface area contributed by atoms with Gasteiger partial charge < -0.3 is 19.2 Å². The van der Waals surface area contributed by atoms with Crippen molar-refractivity contribution in [2.45, 2.75) is 20.0 Å². The topological polar surface area (TPSA) is 112 Å². The van der Waals surface area contributed by atoms with Gasteiger partial charge in [0, 0.05) is 10.0 Å². The number of para-hydroxylation sites is 1. The minimum absolute atomic E-state index is 0.114. The van der Waals surface area contributed by atoms with Crippen molar-refractivity contribution in [1.29, 1.82) is 0 Å². The van der Waals surface area contributed by atoms with Crippen LogP contribution in [-0.4, -0.2) is 41.7 Å². The largest absolute Gasteiger partial charge is 0.493 e. The van der Waals surface area contributed by atoms with Gasteiger partial charge in [0.05, 0.1) is 30.3 Å². The van der Waals surface area contributed by atoms with Crippen LogP contribution in [0.3, 0.4) is 0 Å². The van der Waals surface area contributed by atoms with E-state index in [1.165, 1.54) is 19.4 Å². The van der Waals surface area contributed by atoms with Crippen LogP contribution in [0, 0.1) is 0 Å². The maximum atomic E-state index is 12.6. The molecule has 0 aliphatic carbocycles. The zero-order valence-electron chi connectivity index (χ0n) is 17.3. The number of nitrogens with one attached hydrogen (secondary N) is 1. The molecule has 3 aromatic rings. The molecule has 0 aliphatic rings. The van der Waals surface area contributed by atoms with Crippen LogP contribution in [0.15, 0.2) is 49.5 Å². The number of nitrogens with zero attached hydrogens (tertiary/aromatic N) is 2. The third-order valence-corrected chi connectivity index (χ3v) is 5.62. The molecule has 168 valence electrons. The third kappa shape index (κ3) is 5.03. The molecule has 1 N–H and O–H groups in total. The maximum absolute atomic E-state index is 12.6. The Labute approximate surface area is 195 Å². The van der Waals surface area contributed by atoms with E-state index in [9.17, 15) is 14.4 Å². The van der Waals surface area contributed by atoms with Crippen LogP contribution < -0.4 is 20.7 Å². The highest BCUT2D eigenvalue weighted by Gasteiger charge is 2.19. The predicted molar refractivity (Wildman–Crippen MR) is 124 cm³/mol. The second-order valence-electron chi connectivity index (χ2n) is 6.79. The number of rotatable bonds is 7. The van der Waals surface area contributed by atoms with E-state index >= 15 is 0 Å². The molecule has 11 heteroatoms. The molecule has 0 bridgehead atoms. The van der Waals surface area contributed by atoms with Crippen LogP contribution in [-0.2, 0) is 9.53 Å². The van der Waals surface area contributed by atoms with E-state index in [-0.39, 0.29) is 29.2 Å². The quantitative estimate of drug-likeness (QED) is 0.375. The summed E-state index contributed by atoms with van der Waals surface area (Å²) in [4.78, 5) is 39.3. The number of hydrogen-bond acceptors (Lipinski definition) is 7. The van der Waals surface area contributed by atoms with Gasteiger partial charge in [-0.3, -0.25) is 4.79 Å². The lowest BCUT2D eigenvalue weighted by Gasteiger charge is -2.15. The van der Waals surface area contributed by atoms with Crippen LogP contribution in [0.4, 0.5) is 0 Å². The van der Waals surface area contributed by atoms with Gasteiger partial charge in [-0.05, 0) is 48.0 Å². The Morgan fingerprint density at radius 1 is 1.31 bits per heavy atom. The van der Waals surface area contributed by atoms with Gasteiger partial charge in [0.25, 0.3) is 5.56 Å². The minimum atomic E-state index is -0.692. The lowest BCUT2D eigenvalue weighted by Crippen LogP contribution is -2.32. The summed E-state index contributed by atoms with van der Waals surface area (Å²) in [6.45, 7) is 3.08. The number of hydrogen-bond donors (Lipinski definition) is 1. The zero-order valence-corrected chi connectivity index (χ0v) is 19.7. The molecule has 2 aromatic carbocycles. The van der Waals surface area contributed by atoms with E-state index in [4.69, 9.17) is 25.8 Å². The molecule has 0 aliphatic heterocycles. The lowest BCUT2D eigenvalue weighted by atomic mass is 10.2. The number of H-pyrrole nitrogens is 1. The van der Waals surface area contributed by atoms with Gasteiger partial charge in [-0.15, -0.1) is 4.68 Å². The smallest absolute Gasteiger partial charge is 0.349 e. The molecule has 9 nitrogen and oxygen atoms in total. The van der Waals surface area contributed by atoms with Crippen molar-refractivity contribution in [3.05, 3.63) is 66.2 Å². The lowest BCUT2D eigenvalue weighted by molar-refractivity contribution is -0.149. The molecule has 1 aromatic heterocycles. The third-order valence-electron chi connectivity index (χ3n) is 4.17. The maximum Gasteiger partial charge on any atom is 0.349 e. The molecule has 1 heterocycles. The summed E-state index contributed by atoms with van der Waals surface area (Å²) >= 11 is 9.74. The van der Waals surface area contributed by atoms with Crippen molar-refractivity contribution in [2.75, 3.05) is 13.7 Å². The highest BCUT2D eigenvalue weighted by atomic mass is 79.9. The van der Waals surface area contributed by atoms with Crippen molar-refractivity contribution >= 4 is 50.6 Å². The van der Waals surface area contributed by atoms with E-state index in [0.717, 1.165) is 0 Å². The van der Waals surface area contributed by atoms with E-state index in [2.05, 4.69) is 26.0 Å². The molecule has 0 radical (unpaired) electrons. The molecule has 0 unspecified atom stereocenters. The Morgan fingerprint density at radius 2 is 2.03 bits per heavy atom. The van der Waals surface area contributed by atoms with Gasteiger partial charge in [0.1, 0.15) is 5.02 Å². The molecule has 0 spiro atoms. The Morgan fingerprint density at radius 3 is 2.72 bits per heavy atom. The average Bonchev–Trinajstić information content (AvgIpc) is 2.75. The van der Waals surface area contributed by atoms with Crippen LogP contribution >= 0.6 is 27.5 Å². The number of methoxy groups -OCH3 is 1. The minimum Gasteiger partial charge on any atom is -0.493 e. The van der Waals surface area contributed by atoms with Gasteiger partial charge in [0.2, 0.25) is 0 Å². The number of esters is 1. The second-order valence-corrected chi connectivity index (χ2v) is 7.96. The highest BCUT2D eigenvalue weighted by molar-refractivity contribution is 9.10. The summed E-state index contributed by atoms with van der Waals surface area (Å²) in [5.41, 5.74) is -0.443. The zero-order chi connectivity index (χ0) is 23.4. The first-order chi connectivity index (χ1) is 15.2. The summed E-state index contributed by atoms with van der Waals surface area (Å²) in [7, 11) is 1.40. The Balaban J connectivity index is 1.96. The normalized spacial score (nSPS) is 11.3. The molecule has 3 rings (SSSR count). The number of benzene rings is 2. The van der Waals surface area contributed by atoms with E-state index in [1.54, 1.807) is 38.1 Å². The Hall–Kier alpha value is -3.11. The molecule has 0 saturated carbocycles. The molecule has 0 fully saturated rings. The number of aromatic amines is 1. The van der Waals surface area contributed by atoms with Crippen molar-refractivity contribution < 1.29 is 19.0 Å². The van der Waals surface area contributed by atoms with Gasteiger partial charge in [-0.25, -0.2) is 9.59 Å².